The van der Waals surface area contributed by atoms with Crippen LogP contribution in [0.5, 0.6) is 0 Å². The normalized spacial score (nSPS) is 16.6. The predicted octanol–water partition coefficient (Wildman–Crippen LogP) is 2.86. The number of halogens is 1. The first-order valence-electron chi connectivity index (χ1n) is 10.5. The van der Waals surface area contributed by atoms with E-state index in [9.17, 15) is 19.2 Å². The first kappa shape index (κ1) is 24.2. The second kappa shape index (κ2) is 10.9. The largest absolute Gasteiger partial charge is 0.344 e. The maximum atomic E-state index is 13.2. The Hall–Kier alpha value is -3.43. The Labute approximate surface area is 196 Å². The van der Waals surface area contributed by atoms with Crippen LogP contribution in [0.4, 0.5) is 10.5 Å². The minimum atomic E-state index is -0.894. The summed E-state index contributed by atoms with van der Waals surface area (Å²) >= 11 is 5.94. The van der Waals surface area contributed by atoms with Crippen LogP contribution < -0.4 is 15.7 Å². The monoisotopic (exact) mass is 472 g/mol. The smallest absolute Gasteiger partial charge is 0.332 e. The molecule has 0 saturated carbocycles. The number of nitrogens with zero attached hydrogens (tertiary/aromatic N) is 2. The van der Waals surface area contributed by atoms with Gasteiger partial charge < -0.3 is 10.2 Å². The second-order valence-corrected chi connectivity index (χ2v) is 8.04. The number of urea groups is 1. The molecule has 2 aromatic carbocycles. The fourth-order valence-electron chi connectivity index (χ4n) is 3.67. The third-order valence-corrected chi connectivity index (χ3v) is 5.67. The van der Waals surface area contributed by atoms with Crippen LogP contribution in [0.15, 0.2) is 54.6 Å². The van der Waals surface area contributed by atoms with Crippen LogP contribution in [0.25, 0.3) is 0 Å². The van der Waals surface area contributed by atoms with E-state index >= 15 is 0 Å². The number of carbonyl (C=O) groups excluding carboxylic acids is 4. The molecule has 1 saturated heterocycles. The highest BCUT2D eigenvalue weighted by Gasteiger charge is 2.45. The Morgan fingerprint density at radius 3 is 2.36 bits per heavy atom. The van der Waals surface area contributed by atoms with E-state index in [1.54, 1.807) is 31.2 Å². The molecular formula is C23H25ClN4O5. The first-order valence-corrected chi connectivity index (χ1v) is 10.9. The molecule has 3 rings (SSSR count). The second-order valence-electron chi connectivity index (χ2n) is 7.61. The van der Waals surface area contributed by atoms with Crippen LogP contribution in [-0.2, 0) is 20.9 Å². The molecule has 0 aromatic heterocycles. The van der Waals surface area contributed by atoms with Gasteiger partial charge in [-0.1, -0.05) is 48.9 Å². The molecule has 1 fully saturated rings. The lowest BCUT2D eigenvalue weighted by atomic mass is 10.1. The van der Waals surface area contributed by atoms with E-state index in [1.165, 1.54) is 10.4 Å². The van der Waals surface area contributed by atoms with Gasteiger partial charge in [0.25, 0.3) is 11.8 Å². The number of hydroxylamine groups is 1. The fourth-order valence-corrected chi connectivity index (χ4v) is 3.79. The molecule has 5 amide bonds. The summed E-state index contributed by atoms with van der Waals surface area (Å²) < 4.78 is 0. The SMILES string of the molecule is CCC(NC(=O)CCC1C(=O)N(c2ccc(Cl)cc2)C(=O)N1Cc1ccccc1)C(=O)NO. The lowest BCUT2D eigenvalue weighted by Crippen LogP contribution is -2.46. The van der Waals surface area contributed by atoms with Gasteiger partial charge in [-0.2, -0.15) is 0 Å². The number of anilines is 1. The Balaban J connectivity index is 1.79. The molecule has 2 aromatic rings. The molecule has 1 aliphatic rings. The third kappa shape index (κ3) is 5.68. The van der Waals surface area contributed by atoms with Gasteiger partial charge in [0.05, 0.1) is 5.69 Å². The molecule has 0 spiro atoms. The van der Waals surface area contributed by atoms with Crippen LogP contribution in [0.1, 0.15) is 31.7 Å². The third-order valence-electron chi connectivity index (χ3n) is 5.41. The van der Waals surface area contributed by atoms with Crippen molar-refractivity contribution in [1.29, 1.82) is 0 Å². The van der Waals surface area contributed by atoms with Crippen LogP contribution in [0.3, 0.4) is 0 Å². The Bertz CT molecular complexity index is 1020. The molecule has 3 N–H and O–H groups in total. The summed E-state index contributed by atoms with van der Waals surface area (Å²) in [5, 5.41) is 11.8. The highest BCUT2D eigenvalue weighted by molar-refractivity contribution is 6.30. The van der Waals surface area contributed by atoms with Gasteiger partial charge in [-0.25, -0.2) is 15.2 Å². The van der Waals surface area contributed by atoms with Crippen molar-refractivity contribution in [2.45, 2.75) is 44.8 Å². The number of amides is 5. The van der Waals surface area contributed by atoms with Gasteiger partial charge in [0.15, 0.2) is 0 Å². The standard InChI is InChI=1S/C23H25ClN4O5/c1-2-18(21(30)26-33)25-20(29)13-12-19-22(31)28(17-10-8-16(24)9-11-17)23(32)27(19)14-15-6-4-3-5-7-15/h3-11,18-19,33H,2,12-14H2,1H3,(H,25,29)(H,26,30). The quantitative estimate of drug-likeness (QED) is 0.294. The predicted molar refractivity (Wildman–Crippen MR) is 121 cm³/mol. The molecular weight excluding hydrogens is 448 g/mol. The molecule has 33 heavy (non-hydrogen) atoms. The van der Waals surface area contributed by atoms with Crippen LogP contribution in [0, 0.1) is 0 Å². The number of hydrogen-bond donors (Lipinski definition) is 3. The summed E-state index contributed by atoms with van der Waals surface area (Å²) in [6, 6.07) is 13.4. The molecule has 9 nitrogen and oxygen atoms in total. The van der Waals surface area contributed by atoms with Crippen LogP contribution in [0.2, 0.25) is 5.02 Å². The Morgan fingerprint density at radius 2 is 1.76 bits per heavy atom. The number of carbonyl (C=O) groups is 4. The van der Waals surface area contributed by atoms with Gasteiger partial charge in [-0.15, -0.1) is 0 Å². The van der Waals surface area contributed by atoms with Gasteiger partial charge in [0.2, 0.25) is 5.91 Å². The molecule has 1 aliphatic heterocycles. The van der Waals surface area contributed by atoms with Crippen molar-refractivity contribution in [2.24, 2.45) is 0 Å². The molecule has 0 radical (unpaired) electrons. The van der Waals surface area contributed by atoms with Gasteiger partial charge >= 0.3 is 6.03 Å². The summed E-state index contributed by atoms with van der Waals surface area (Å²) in [5.74, 6) is -1.63. The zero-order chi connectivity index (χ0) is 24.0. The molecule has 2 atom stereocenters. The number of hydrogen-bond acceptors (Lipinski definition) is 5. The maximum absolute atomic E-state index is 13.2. The van der Waals surface area contributed by atoms with Crippen LogP contribution in [-0.4, -0.2) is 45.9 Å². The summed E-state index contributed by atoms with van der Waals surface area (Å²) in [4.78, 5) is 53.0. The molecule has 0 aliphatic carbocycles. The van der Waals surface area contributed by atoms with Gasteiger partial charge in [0.1, 0.15) is 12.1 Å². The number of nitrogens with one attached hydrogen (secondary N) is 2. The van der Waals surface area contributed by atoms with E-state index in [4.69, 9.17) is 16.8 Å². The van der Waals surface area contributed by atoms with Crippen molar-refractivity contribution >= 4 is 41.0 Å². The number of imide groups is 1. The van der Waals surface area contributed by atoms with E-state index < -0.39 is 35.8 Å². The summed E-state index contributed by atoms with van der Waals surface area (Å²) in [5.41, 5.74) is 2.75. The average Bonchev–Trinajstić information content (AvgIpc) is 3.05. The maximum Gasteiger partial charge on any atom is 0.332 e. The van der Waals surface area contributed by atoms with Gasteiger partial charge in [-0.3, -0.25) is 19.6 Å². The zero-order valence-electron chi connectivity index (χ0n) is 18.0. The van der Waals surface area contributed by atoms with E-state index in [1.807, 2.05) is 30.3 Å². The topological polar surface area (TPSA) is 119 Å². The van der Waals surface area contributed by atoms with Crippen LogP contribution >= 0.6 is 11.6 Å². The summed E-state index contributed by atoms with van der Waals surface area (Å²) in [7, 11) is 0. The highest BCUT2D eigenvalue weighted by atomic mass is 35.5. The van der Waals surface area contributed by atoms with Crippen molar-refractivity contribution in [3.8, 4) is 0 Å². The lowest BCUT2D eigenvalue weighted by Gasteiger charge is -2.22. The Kier molecular flexibility index (Phi) is 8.02. The first-order chi connectivity index (χ1) is 15.8. The van der Waals surface area contributed by atoms with E-state index in [0.717, 1.165) is 10.5 Å². The molecule has 174 valence electrons. The number of rotatable bonds is 9. The van der Waals surface area contributed by atoms with Crippen molar-refractivity contribution in [3.05, 3.63) is 65.2 Å². The summed E-state index contributed by atoms with van der Waals surface area (Å²) in [6.07, 6.45) is 0.270. The highest BCUT2D eigenvalue weighted by Crippen LogP contribution is 2.29. The fraction of sp³-hybridized carbons (Fsp3) is 0.304. The molecule has 2 unspecified atom stereocenters. The van der Waals surface area contributed by atoms with E-state index in [0.29, 0.717) is 10.7 Å². The Morgan fingerprint density at radius 1 is 1.09 bits per heavy atom. The van der Waals surface area contributed by atoms with Crippen molar-refractivity contribution in [1.82, 2.24) is 15.7 Å². The molecule has 10 heteroatoms. The lowest BCUT2D eigenvalue weighted by molar-refractivity contribution is -0.135. The van der Waals surface area contributed by atoms with Gasteiger partial charge in [0, 0.05) is 18.0 Å². The molecule has 1 heterocycles. The average molecular weight is 473 g/mol. The minimum absolute atomic E-state index is 0.0739. The zero-order valence-corrected chi connectivity index (χ0v) is 18.8. The van der Waals surface area contributed by atoms with E-state index in [2.05, 4.69) is 5.32 Å². The van der Waals surface area contributed by atoms with Crippen molar-refractivity contribution in [2.75, 3.05) is 4.90 Å². The van der Waals surface area contributed by atoms with E-state index in [-0.39, 0.29) is 25.8 Å². The number of benzene rings is 2. The molecule has 0 bridgehead atoms. The summed E-state index contributed by atoms with van der Waals surface area (Å²) in [6.45, 7) is 1.89. The van der Waals surface area contributed by atoms with Gasteiger partial charge in [-0.05, 0) is 42.7 Å². The van der Waals surface area contributed by atoms with Crippen molar-refractivity contribution in [3.63, 3.8) is 0 Å². The minimum Gasteiger partial charge on any atom is -0.344 e. The van der Waals surface area contributed by atoms with Crippen molar-refractivity contribution < 1.29 is 24.4 Å².